The molecule has 20 heavy (non-hydrogen) atoms. The Balaban J connectivity index is 1.90. The maximum Gasteiger partial charge on any atom is 0.235 e. The van der Waals surface area contributed by atoms with Gasteiger partial charge in [-0.05, 0) is 37.8 Å². The van der Waals surface area contributed by atoms with Crippen LogP contribution in [0, 0.1) is 5.41 Å². The lowest BCUT2D eigenvalue weighted by Crippen LogP contribution is -2.45. The predicted octanol–water partition coefficient (Wildman–Crippen LogP) is 1.39. The van der Waals surface area contributed by atoms with Gasteiger partial charge in [-0.25, -0.2) is 0 Å². The fraction of sp³-hybridized carbons (Fsp3) is 0.533. The van der Waals surface area contributed by atoms with Gasteiger partial charge in [0.15, 0.2) is 0 Å². The largest absolute Gasteiger partial charge is 0.353 e. The van der Waals surface area contributed by atoms with Gasteiger partial charge >= 0.3 is 0 Å². The summed E-state index contributed by atoms with van der Waals surface area (Å²) >= 11 is 0. The first kappa shape index (κ1) is 14.5. The van der Waals surface area contributed by atoms with Crippen LogP contribution in [0.2, 0.25) is 0 Å². The molecule has 2 N–H and O–H groups in total. The third-order valence-corrected chi connectivity index (χ3v) is 3.79. The fourth-order valence-electron chi connectivity index (χ4n) is 2.00. The molecule has 0 bridgehead atoms. The highest BCUT2D eigenvalue weighted by atomic mass is 16.2. The Labute approximate surface area is 119 Å². The van der Waals surface area contributed by atoms with Gasteiger partial charge in [0, 0.05) is 25.0 Å². The average molecular weight is 275 g/mol. The molecular weight excluding hydrogens is 254 g/mol. The summed E-state index contributed by atoms with van der Waals surface area (Å²) in [6.45, 7) is 4.36. The summed E-state index contributed by atoms with van der Waals surface area (Å²) in [5.41, 5.74) is 0.0880. The predicted molar refractivity (Wildman–Crippen MR) is 75.6 cm³/mol. The standard InChI is InChI=1S/C15H21N3O2/c1-3-11(2)18-14(20)15(6-7-15)13(19)17-10-12-5-4-8-16-9-12/h4-5,8-9,11H,3,6-7,10H2,1-2H3,(H,17,19)(H,18,20). The second kappa shape index (κ2) is 6.03. The molecule has 1 aromatic heterocycles. The van der Waals surface area contributed by atoms with E-state index in [1.54, 1.807) is 12.4 Å². The number of carbonyl (C=O) groups excluding carboxylic acids is 2. The van der Waals surface area contributed by atoms with Gasteiger partial charge in [-0.1, -0.05) is 13.0 Å². The Morgan fingerprint density at radius 1 is 1.40 bits per heavy atom. The second-order valence-corrected chi connectivity index (χ2v) is 5.41. The SMILES string of the molecule is CCC(C)NC(=O)C1(C(=O)NCc2cccnc2)CC1. The maximum absolute atomic E-state index is 12.2. The van der Waals surface area contributed by atoms with E-state index < -0.39 is 5.41 Å². The number of carbonyl (C=O) groups is 2. The highest BCUT2D eigenvalue weighted by molar-refractivity contribution is 6.07. The molecule has 2 rings (SSSR count). The smallest absolute Gasteiger partial charge is 0.235 e. The normalized spacial score (nSPS) is 17.1. The number of hydrogen-bond donors (Lipinski definition) is 2. The highest BCUT2D eigenvalue weighted by Gasteiger charge is 2.56. The van der Waals surface area contributed by atoms with E-state index in [0.717, 1.165) is 12.0 Å². The van der Waals surface area contributed by atoms with E-state index >= 15 is 0 Å². The summed E-state index contributed by atoms with van der Waals surface area (Å²) in [6, 6.07) is 3.82. The van der Waals surface area contributed by atoms with Crippen LogP contribution in [0.5, 0.6) is 0 Å². The van der Waals surface area contributed by atoms with E-state index in [1.165, 1.54) is 0 Å². The molecule has 0 aliphatic heterocycles. The third-order valence-electron chi connectivity index (χ3n) is 3.79. The second-order valence-electron chi connectivity index (χ2n) is 5.41. The van der Waals surface area contributed by atoms with Crippen molar-refractivity contribution >= 4 is 11.8 Å². The Bertz CT molecular complexity index is 483. The third kappa shape index (κ3) is 3.15. The molecule has 108 valence electrons. The van der Waals surface area contributed by atoms with Gasteiger partial charge in [-0.2, -0.15) is 0 Å². The van der Waals surface area contributed by atoms with Crippen LogP contribution in [0.1, 0.15) is 38.7 Å². The summed E-state index contributed by atoms with van der Waals surface area (Å²) < 4.78 is 0. The lowest BCUT2D eigenvalue weighted by molar-refractivity contribution is -0.137. The Morgan fingerprint density at radius 3 is 2.70 bits per heavy atom. The quantitative estimate of drug-likeness (QED) is 0.771. The Hall–Kier alpha value is -1.91. The lowest BCUT2D eigenvalue weighted by Gasteiger charge is -2.18. The molecule has 1 aromatic rings. The van der Waals surface area contributed by atoms with Crippen LogP contribution in [0.25, 0.3) is 0 Å². The minimum atomic E-state index is -0.842. The number of rotatable bonds is 6. The van der Waals surface area contributed by atoms with Crippen LogP contribution in [0.3, 0.4) is 0 Å². The summed E-state index contributed by atoms with van der Waals surface area (Å²) in [6.07, 6.45) is 5.52. The zero-order valence-corrected chi connectivity index (χ0v) is 12.0. The zero-order chi connectivity index (χ0) is 14.6. The number of nitrogens with zero attached hydrogens (tertiary/aromatic N) is 1. The molecule has 0 spiro atoms. The van der Waals surface area contributed by atoms with Crippen molar-refractivity contribution in [1.82, 2.24) is 15.6 Å². The van der Waals surface area contributed by atoms with Gasteiger partial charge in [0.05, 0.1) is 0 Å². The highest BCUT2D eigenvalue weighted by Crippen LogP contribution is 2.46. The average Bonchev–Trinajstić information content (AvgIpc) is 3.27. The number of pyridine rings is 1. The molecule has 1 aliphatic carbocycles. The lowest BCUT2D eigenvalue weighted by atomic mass is 10.0. The van der Waals surface area contributed by atoms with Crippen molar-refractivity contribution < 1.29 is 9.59 Å². The molecule has 1 saturated carbocycles. The minimum Gasteiger partial charge on any atom is -0.353 e. The zero-order valence-electron chi connectivity index (χ0n) is 12.0. The van der Waals surface area contributed by atoms with Crippen LogP contribution in [0.4, 0.5) is 0 Å². The fourth-order valence-corrected chi connectivity index (χ4v) is 2.00. The van der Waals surface area contributed by atoms with Crippen LogP contribution in [-0.4, -0.2) is 22.8 Å². The first-order valence-electron chi connectivity index (χ1n) is 7.06. The minimum absolute atomic E-state index is 0.103. The van der Waals surface area contributed by atoms with E-state index in [0.29, 0.717) is 19.4 Å². The molecule has 0 saturated heterocycles. The van der Waals surface area contributed by atoms with Crippen molar-refractivity contribution in [2.75, 3.05) is 0 Å². The Kier molecular flexibility index (Phi) is 4.37. The van der Waals surface area contributed by atoms with Gasteiger partial charge in [0.1, 0.15) is 5.41 Å². The molecule has 1 atom stereocenters. The van der Waals surface area contributed by atoms with E-state index in [1.807, 2.05) is 26.0 Å². The van der Waals surface area contributed by atoms with Crippen molar-refractivity contribution in [3.8, 4) is 0 Å². The molecule has 1 fully saturated rings. The molecule has 5 heteroatoms. The van der Waals surface area contributed by atoms with Crippen molar-refractivity contribution in [2.24, 2.45) is 5.41 Å². The molecule has 0 radical (unpaired) electrons. The number of aromatic nitrogens is 1. The topological polar surface area (TPSA) is 71.1 Å². The van der Waals surface area contributed by atoms with Crippen LogP contribution >= 0.6 is 0 Å². The summed E-state index contributed by atoms with van der Waals surface area (Å²) in [5, 5.41) is 5.73. The monoisotopic (exact) mass is 275 g/mol. The van der Waals surface area contributed by atoms with Gasteiger partial charge in [-0.3, -0.25) is 14.6 Å². The van der Waals surface area contributed by atoms with E-state index in [4.69, 9.17) is 0 Å². The van der Waals surface area contributed by atoms with Crippen LogP contribution < -0.4 is 10.6 Å². The molecular formula is C15H21N3O2. The van der Waals surface area contributed by atoms with Crippen molar-refractivity contribution in [2.45, 2.75) is 45.7 Å². The molecule has 1 aliphatic rings. The van der Waals surface area contributed by atoms with E-state index in [-0.39, 0.29) is 17.9 Å². The van der Waals surface area contributed by atoms with Crippen LogP contribution in [0.15, 0.2) is 24.5 Å². The summed E-state index contributed by atoms with van der Waals surface area (Å²) in [4.78, 5) is 28.4. The van der Waals surface area contributed by atoms with E-state index in [2.05, 4.69) is 15.6 Å². The number of hydrogen-bond acceptors (Lipinski definition) is 3. The van der Waals surface area contributed by atoms with Crippen LogP contribution in [-0.2, 0) is 16.1 Å². The first-order chi connectivity index (χ1) is 9.58. The van der Waals surface area contributed by atoms with Gasteiger partial charge in [0.2, 0.25) is 11.8 Å². The molecule has 2 amide bonds. The number of nitrogens with one attached hydrogen (secondary N) is 2. The molecule has 5 nitrogen and oxygen atoms in total. The van der Waals surface area contributed by atoms with Crippen molar-refractivity contribution in [3.63, 3.8) is 0 Å². The van der Waals surface area contributed by atoms with E-state index in [9.17, 15) is 9.59 Å². The van der Waals surface area contributed by atoms with Crippen molar-refractivity contribution in [1.29, 1.82) is 0 Å². The van der Waals surface area contributed by atoms with Gasteiger partial charge < -0.3 is 10.6 Å². The first-order valence-corrected chi connectivity index (χ1v) is 7.06. The maximum atomic E-state index is 12.2. The van der Waals surface area contributed by atoms with Crippen molar-refractivity contribution in [3.05, 3.63) is 30.1 Å². The van der Waals surface area contributed by atoms with Gasteiger partial charge in [0.25, 0.3) is 0 Å². The summed E-state index contributed by atoms with van der Waals surface area (Å²) in [7, 11) is 0. The summed E-state index contributed by atoms with van der Waals surface area (Å²) in [5.74, 6) is -0.322. The molecule has 1 unspecified atom stereocenters. The Morgan fingerprint density at radius 2 is 2.15 bits per heavy atom. The number of amides is 2. The molecule has 0 aromatic carbocycles. The molecule has 1 heterocycles. The van der Waals surface area contributed by atoms with Gasteiger partial charge in [-0.15, -0.1) is 0 Å².